The topological polar surface area (TPSA) is 29.9 Å². The lowest BCUT2D eigenvalue weighted by atomic mass is 10.2. The van der Waals surface area contributed by atoms with Crippen molar-refractivity contribution in [1.82, 2.24) is 15.1 Å². The Hall–Kier alpha value is -1.39. The smallest absolute Gasteiger partial charge is 0.129 e. The number of rotatable bonds is 5. The van der Waals surface area contributed by atoms with Gasteiger partial charge in [0.25, 0.3) is 0 Å². The average Bonchev–Trinajstić information content (AvgIpc) is 2.80. The molecule has 0 aliphatic heterocycles. The molecule has 0 fully saturated rings. The Balaban J connectivity index is 1.87. The maximum atomic E-state index is 13.5. The molecule has 0 aliphatic rings. The van der Waals surface area contributed by atoms with Crippen molar-refractivity contribution in [3.63, 3.8) is 0 Å². The van der Waals surface area contributed by atoms with Crippen molar-refractivity contribution in [2.75, 3.05) is 0 Å². The van der Waals surface area contributed by atoms with Crippen LogP contribution in [0.15, 0.2) is 36.7 Å². The van der Waals surface area contributed by atoms with Crippen LogP contribution in [-0.2, 0) is 13.1 Å². The number of nitrogens with one attached hydrogen (secondary N) is 1. The summed E-state index contributed by atoms with van der Waals surface area (Å²) in [5.41, 5.74) is 0.617. The van der Waals surface area contributed by atoms with Gasteiger partial charge in [-0.3, -0.25) is 4.68 Å². The van der Waals surface area contributed by atoms with Crippen LogP contribution in [0.2, 0.25) is 5.02 Å². The minimum atomic E-state index is -0.277. The van der Waals surface area contributed by atoms with Crippen LogP contribution in [0.4, 0.5) is 4.39 Å². The minimum Gasteiger partial charge on any atom is -0.308 e. The first kappa shape index (κ1) is 13.1. The molecule has 0 bridgehead atoms. The third-order valence-corrected chi connectivity index (χ3v) is 2.91. The Kier molecular flexibility index (Phi) is 4.33. The lowest BCUT2D eigenvalue weighted by molar-refractivity contribution is 0.445. The van der Waals surface area contributed by atoms with E-state index in [9.17, 15) is 4.39 Å². The number of hydrogen-bond donors (Lipinski definition) is 1. The summed E-state index contributed by atoms with van der Waals surface area (Å²) in [6.07, 6.45) is 3.65. The first-order valence-corrected chi connectivity index (χ1v) is 6.17. The van der Waals surface area contributed by atoms with Crippen molar-refractivity contribution < 1.29 is 4.39 Å². The van der Waals surface area contributed by atoms with Gasteiger partial charge in [-0.2, -0.15) is 5.10 Å². The van der Waals surface area contributed by atoms with E-state index in [0.29, 0.717) is 17.1 Å². The largest absolute Gasteiger partial charge is 0.308 e. The molecule has 0 radical (unpaired) electrons. The SMILES string of the molecule is CC(Cn1cccn1)NCc1ccc(Cl)cc1F. The molecule has 18 heavy (non-hydrogen) atoms. The molecule has 1 N–H and O–H groups in total. The van der Waals surface area contributed by atoms with E-state index in [-0.39, 0.29) is 11.9 Å². The molecule has 1 aromatic carbocycles. The molecule has 0 saturated carbocycles. The fourth-order valence-electron chi connectivity index (χ4n) is 1.70. The molecule has 0 saturated heterocycles. The van der Waals surface area contributed by atoms with Gasteiger partial charge in [0.2, 0.25) is 0 Å². The van der Waals surface area contributed by atoms with Gasteiger partial charge in [0.15, 0.2) is 0 Å². The Morgan fingerprint density at radius 1 is 1.50 bits per heavy atom. The van der Waals surface area contributed by atoms with Gasteiger partial charge >= 0.3 is 0 Å². The predicted molar refractivity (Wildman–Crippen MR) is 69.9 cm³/mol. The highest BCUT2D eigenvalue weighted by Gasteiger charge is 2.06. The molecule has 0 spiro atoms. The van der Waals surface area contributed by atoms with E-state index in [1.807, 2.05) is 23.9 Å². The molecule has 2 aromatic rings. The van der Waals surface area contributed by atoms with Crippen molar-refractivity contribution in [2.24, 2.45) is 0 Å². The zero-order chi connectivity index (χ0) is 13.0. The maximum Gasteiger partial charge on any atom is 0.129 e. The van der Waals surface area contributed by atoms with Gasteiger partial charge < -0.3 is 5.32 Å². The summed E-state index contributed by atoms with van der Waals surface area (Å²) in [6, 6.07) is 6.81. The molecule has 0 aliphatic carbocycles. The van der Waals surface area contributed by atoms with Crippen LogP contribution in [0.3, 0.4) is 0 Å². The highest BCUT2D eigenvalue weighted by molar-refractivity contribution is 6.30. The van der Waals surface area contributed by atoms with Crippen LogP contribution >= 0.6 is 11.6 Å². The third kappa shape index (κ3) is 3.55. The van der Waals surface area contributed by atoms with Crippen LogP contribution in [0, 0.1) is 5.82 Å². The predicted octanol–water partition coefficient (Wildman–Crippen LogP) is 2.85. The van der Waals surface area contributed by atoms with Gasteiger partial charge in [-0.1, -0.05) is 17.7 Å². The number of nitrogens with zero attached hydrogens (tertiary/aromatic N) is 2. The summed E-state index contributed by atoms with van der Waals surface area (Å²) in [4.78, 5) is 0. The molecule has 96 valence electrons. The molecular formula is C13H15ClFN3. The van der Waals surface area contributed by atoms with Crippen molar-refractivity contribution >= 4 is 11.6 Å². The van der Waals surface area contributed by atoms with E-state index in [4.69, 9.17) is 11.6 Å². The summed E-state index contributed by atoms with van der Waals surface area (Å²) < 4.78 is 15.4. The normalized spacial score (nSPS) is 12.6. The third-order valence-electron chi connectivity index (χ3n) is 2.68. The van der Waals surface area contributed by atoms with Crippen LogP contribution in [0.25, 0.3) is 0 Å². The highest BCUT2D eigenvalue weighted by atomic mass is 35.5. The van der Waals surface area contributed by atoms with Gasteiger partial charge in [0, 0.05) is 35.6 Å². The van der Waals surface area contributed by atoms with E-state index >= 15 is 0 Å². The van der Waals surface area contributed by atoms with E-state index in [1.165, 1.54) is 6.07 Å². The first-order chi connectivity index (χ1) is 8.65. The quantitative estimate of drug-likeness (QED) is 0.903. The summed E-state index contributed by atoms with van der Waals surface area (Å²) in [7, 11) is 0. The molecular weight excluding hydrogens is 253 g/mol. The maximum absolute atomic E-state index is 13.5. The van der Waals surface area contributed by atoms with Crippen LogP contribution < -0.4 is 5.32 Å². The standard InChI is InChI=1S/C13H15ClFN3/c1-10(9-18-6-2-5-17-18)16-8-11-3-4-12(14)7-13(11)15/h2-7,10,16H,8-9H2,1H3. The minimum absolute atomic E-state index is 0.208. The highest BCUT2D eigenvalue weighted by Crippen LogP contribution is 2.14. The van der Waals surface area contributed by atoms with E-state index in [0.717, 1.165) is 6.54 Å². The Bertz CT molecular complexity index is 499. The second-order valence-corrected chi connectivity index (χ2v) is 4.68. The summed E-state index contributed by atoms with van der Waals surface area (Å²) in [6.45, 7) is 3.27. The van der Waals surface area contributed by atoms with Crippen molar-refractivity contribution in [3.8, 4) is 0 Å². The molecule has 1 unspecified atom stereocenters. The fourth-order valence-corrected chi connectivity index (χ4v) is 1.86. The zero-order valence-electron chi connectivity index (χ0n) is 10.1. The van der Waals surface area contributed by atoms with Gasteiger partial charge in [0.1, 0.15) is 5.82 Å². The second-order valence-electron chi connectivity index (χ2n) is 4.25. The molecule has 0 amide bonds. The Morgan fingerprint density at radius 2 is 2.33 bits per heavy atom. The van der Waals surface area contributed by atoms with Crippen molar-refractivity contribution in [1.29, 1.82) is 0 Å². The lowest BCUT2D eigenvalue weighted by Crippen LogP contribution is -2.30. The van der Waals surface area contributed by atoms with E-state index in [2.05, 4.69) is 10.4 Å². The van der Waals surface area contributed by atoms with E-state index in [1.54, 1.807) is 18.3 Å². The van der Waals surface area contributed by atoms with Gasteiger partial charge in [-0.25, -0.2) is 4.39 Å². The molecule has 1 aromatic heterocycles. The van der Waals surface area contributed by atoms with Crippen molar-refractivity contribution in [3.05, 3.63) is 53.1 Å². The fraction of sp³-hybridized carbons (Fsp3) is 0.308. The number of halogens is 2. The number of aromatic nitrogens is 2. The molecule has 3 nitrogen and oxygen atoms in total. The second kappa shape index (κ2) is 5.98. The average molecular weight is 268 g/mol. The van der Waals surface area contributed by atoms with Crippen LogP contribution in [-0.4, -0.2) is 15.8 Å². The number of benzene rings is 1. The first-order valence-electron chi connectivity index (χ1n) is 5.80. The van der Waals surface area contributed by atoms with Gasteiger partial charge in [0.05, 0.1) is 6.54 Å². The lowest BCUT2D eigenvalue weighted by Gasteiger charge is -2.14. The Labute approximate surface area is 111 Å². The number of hydrogen-bond acceptors (Lipinski definition) is 2. The summed E-state index contributed by atoms with van der Waals surface area (Å²) in [5.74, 6) is -0.277. The van der Waals surface area contributed by atoms with Crippen molar-refractivity contribution in [2.45, 2.75) is 26.1 Å². The zero-order valence-corrected chi connectivity index (χ0v) is 10.9. The summed E-state index contributed by atoms with van der Waals surface area (Å²) in [5, 5.41) is 7.80. The van der Waals surface area contributed by atoms with Gasteiger partial charge in [-0.15, -0.1) is 0 Å². The molecule has 2 rings (SSSR count). The van der Waals surface area contributed by atoms with Crippen LogP contribution in [0.5, 0.6) is 0 Å². The Morgan fingerprint density at radius 3 is 3.00 bits per heavy atom. The van der Waals surface area contributed by atoms with Gasteiger partial charge in [-0.05, 0) is 25.1 Å². The van der Waals surface area contributed by atoms with Crippen LogP contribution in [0.1, 0.15) is 12.5 Å². The van der Waals surface area contributed by atoms with E-state index < -0.39 is 0 Å². The molecule has 5 heteroatoms. The molecule has 1 atom stereocenters. The summed E-state index contributed by atoms with van der Waals surface area (Å²) >= 11 is 5.70. The molecule has 1 heterocycles. The monoisotopic (exact) mass is 267 g/mol.